The lowest BCUT2D eigenvalue weighted by Gasteiger charge is -2.12. The van der Waals surface area contributed by atoms with Crippen LogP contribution < -0.4 is 5.32 Å². The predicted molar refractivity (Wildman–Crippen MR) is 65.2 cm³/mol. The largest absolute Gasteiger partial charge is 0.341 e. The van der Waals surface area contributed by atoms with Gasteiger partial charge in [0.25, 0.3) is 0 Å². The smallest absolute Gasteiger partial charge is 0.186 e. The molecule has 96 valence electrons. The summed E-state index contributed by atoms with van der Waals surface area (Å²) in [5, 5.41) is 3.38. The molecule has 1 saturated heterocycles. The third-order valence-electron chi connectivity index (χ3n) is 3.45. The minimum absolute atomic E-state index is 0.0936. The summed E-state index contributed by atoms with van der Waals surface area (Å²) in [4.78, 5) is 7.29. The summed E-state index contributed by atoms with van der Waals surface area (Å²) in [6.07, 6.45) is 4.46. The number of imidazole rings is 1. The first-order valence-electron chi connectivity index (χ1n) is 6.33. The normalized spacial score (nSPS) is 21.1. The highest BCUT2D eigenvalue weighted by atomic mass is 19.2. The number of aromatic nitrogens is 2. The lowest BCUT2D eigenvalue weighted by atomic mass is 10.1. The van der Waals surface area contributed by atoms with E-state index < -0.39 is 11.6 Å². The third kappa shape index (κ3) is 1.99. The van der Waals surface area contributed by atoms with Crippen molar-refractivity contribution >= 4 is 11.0 Å². The molecule has 0 saturated carbocycles. The van der Waals surface area contributed by atoms with Crippen LogP contribution in [0.15, 0.2) is 12.1 Å². The van der Waals surface area contributed by atoms with Gasteiger partial charge < -0.3 is 10.3 Å². The summed E-state index contributed by atoms with van der Waals surface area (Å²) in [7, 11) is 0. The highest BCUT2D eigenvalue weighted by Crippen LogP contribution is 2.24. The van der Waals surface area contributed by atoms with Gasteiger partial charge in [0, 0.05) is 0 Å². The molecule has 1 atom stereocenters. The van der Waals surface area contributed by atoms with Gasteiger partial charge in [0.2, 0.25) is 0 Å². The first-order chi connectivity index (χ1) is 8.75. The fourth-order valence-corrected chi connectivity index (χ4v) is 2.46. The van der Waals surface area contributed by atoms with Crippen LogP contribution in [0.5, 0.6) is 0 Å². The molecule has 0 aliphatic carbocycles. The number of benzene rings is 1. The van der Waals surface area contributed by atoms with E-state index in [2.05, 4.69) is 15.3 Å². The Morgan fingerprint density at radius 2 is 2.06 bits per heavy atom. The quantitative estimate of drug-likeness (QED) is 0.817. The first-order valence-corrected chi connectivity index (χ1v) is 6.33. The van der Waals surface area contributed by atoms with Crippen LogP contribution >= 0.6 is 0 Å². The molecule has 1 unspecified atom stereocenters. The molecule has 0 spiro atoms. The van der Waals surface area contributed by atoms with Crippen LogP contribution in [0.2, 0.25) is 0 Å². The van der Waals surface area contributed by atoms with Gasteiger partial charge >= 0.3 is 0 Å². The topological polar surface area (TPSA) is 40.7 Å². The number of aromatic amines is 1. The first kappa shape index (κ1) is 11.6. The fraction of sp³-hybridized carbons (Fsp3) is 0.462. The van der Waals surface area contributed by atoms with Gasteiger partial charge in [0.15, 0.2) is 11.6 Å². The zero-order valence-corrected chi connectivity index (χ0v) is 9.97. The number of nitrogens with zero attached hydrogens (tertiary/aromatic N) is 1. The molecule has 18 heavy (non-hydrogen) atoms. The van der Waals surface area contributed by atoms with Crippen molar-refractivity contribution in [2.45, 2.75) is 31.7 Å². The van der Waals surface area contributed by atoms with Crippen LogP contribution in [-0.4, -0.2) is 16.5 Å². The van der Waals surface area contributed by atoms with Gasteiger partial charge in [-0.25, -0.2) is 13.8 Å². The Hall–Kier alpha value is -1.49. The van der Waals surface area contributed by atoms with Crippen LogP contribution in [0.25, 0.3) is 11.0 Å². The van der Waals surface area contributed by atoms with E-state index in [4.69, 9.17) is 0 Å². The van der Waals surface area contributed by atoms with Crippen LogP contribution in [0.3, 0.4) is 0 Å². The number of hydrogen-bond donors (Lipinski definition) is 2. The number of nitrogens with one attached hydrogen (secondary N) is 2. The van der Waals surface area contributed by atoms with Crippen molar-refractivity contribution in [3.05, 3.63) is 29.6 Å². The summed E-state index contributed by atoms with van der Waals surface area (Å²) in [5.41, 5.74) is 0.644. The molecule has 2 N–H and O–H groups in total. The molecule has 1 fully saturated rings. The third-order valence-corrected chi connectivity index (χ3v) is 3.45. The van der Waals surface area contributed by atoms with E-state index in [1.165, 1.54) is 12.5 Å². The van der Waals surface area contributed by atoms with Crippen LogP contribution in [-0.2, 0) is 0 Å². The van der Waals surface area contributed by atoms with Crippen molar-refractivity contribution in [2.75, 3.05) is 6.54 Å². The summed E-state index contributed by atoms with van der Waals surface area (Å²) >= 11 is 0. The Balaban J connectivity index is 1.99. The predicted octanol–water partition coefficient (Wildman–Crippen LogP) is 3.05. The standard InChI is InChI=1S/C13H15F2N3/c14-8-5-6-9-12(11(8)15)18-13(17-9)10-4-2-1-3-7-16-10/h5-6,10,16H,1-4,7H2,(H,17,18). The van der Waals surface area contributed by atoms with E-state index in [9.17, 15) is 8.78 Å². The van der Waals surface area contributed by atoms with Crippen molar-refractivity contribution in [2.24, 2.45) is 0 Å². The average molecular weight is 251 g/mol. The van der Waals surface area contributed by atoms with Crippen molar-refractivity contribution in [3.63, 3.8) is 0 Å². The molecule has 0 amide bonds. The SMILES string of the molecule is Fc1ccc2[nH]c(C3CCCCCN3)nc2c1F. The lowest BCUT2D eigenvalue weighted by Crippen LogP contribution is -2.21. The van der Waals surface area contributed by atoms with E-state index in [0.29, 0.717) is 11.3 Å². The maximum atomic E-state index is 13.6. The zero-order chi connectivity index (χ0) is 12.5. The zero-order valence-electron chi connectivity index (χ0n) is 9.97. The minimum atomic E-state index is -0.872. The van der Waals surface area contributed by atoms with E-state index in [0.717, 1.165) is 31.9 Å². The molecule has 3 nitrogen and oxygen atoms in total. The summed E-state index contributed by atoms with van der Waals surface area (Å²) in [5.74, 6) is -1.02. The Labute approximate surface area is 104 Å². The lowest BCUT2D eigenvalue weighted by molar-refractivity contribution is 0.508. The second-order valence-corrected chi connectivity index (χ2v) is 4.74. The van der Waals surface area contributed by atoms with Crippen molar-refractivity contribution in [1.82, 2.24) is 15.3 Å². The van der Waals surface area contributed by atoms with Crippen LogP contribution in [0.1, 0.15) is 37.5 Å². The monoisotopic (exact) mass is 251 g/mol. The Bertz CT molecular complexity index is 557. The molecule has 1 aromatic heterocycles. The van der Waals surface area contributed by atoms with Gasteiger partial charge in [0.05, 0.1) is 11.6 Å². The molecule has 2 heterocycles. The number of fused-ring (bicyclic) bond motifs is 1. The second kappa shape index (κ2) is 4.65. The maximum absolute atomic E-state index is 13.6. The minimum Gasteiger partial charge on any atom is -0.341 e. The van der Waals surface area contributed by atoms with Gasteiger partial charge in [-0.3, -0.25) is 0 Å². The van der Waals surface area contributed by atoms with E-state index >= 15 is 0 Å². The number of halogens is 2. The van der Waals surface area contributed by atoms with E-state index in [1.807, 2.05) is 0 Å². The molecule has 2 aromatic rings. The Morgan fingerprint density at radius 1 is 1.17 bits per heavy atom. The number of hydrogen-bond acceptors (Lipinski definition) is 2. The van der Waals surface area contributed by atoms with Crippen molar-refractivity contribution < 1.29 is 8.78 Å². The molecule has 1 aliphatic heterocycles. The second-order valence-electron chi connectivity index (χ2n) is 4.74. The molecule has 1 aliphatic rings. The molecular weight excluding hydrogens is 236 g/mol. The van der Waals surface area contributed by atoms with E-state index in [-0.39, 0.29) is 11.6 Å². The van der Waals surface area contributed by atoms with Crippen LogP contribution in [0, 0.1) is 11.6 Å². The van der Waals surface area contributed by atoms with Crippen molar-refractivity contribution in [3.8, 4) is 0 Å². The molecule has 1 aromatic carbocycles. The summed E-state index contributed by atoms with van der Waals surface area (Å²) in [6, 6.07) is 2.77. The van der Waals surface area contributed by atoms with Gasteiger partial charge in [0.1, 0.15) is 11.3 Å². The molecule has 0 radical (unpaired) electrons. The fourth-order valence-electron chi connectivity index (χ4n) is 2.46. The van der Waals surface area contributed by atoms with Gasteiger partial charge in [-0.1, -0.05) is 12.8 Å². The average Bonchev–Trinajstić information content (AvgIpc) is 2.62. The molecule has 5 heteroatoms. The summed E-state index contributed by atoms with van der Waals surface area (Å²) < 4.78 is 26.7. The maximum Gasteiger partial charge on any atom is 0.186 e. The summed E-state index contributed by atoms with van der Waals surface area (Å²) in [6.45, 7) is 0.943. The number of rotatable bonds is 1. The molecule has 3 rings (SSSR count). The Morgan fingerprint density at radius 3 is 2.94 bits per heavy atom. The van der Waals surface area contributed by atoms with E-state index in [1.54, 1.807) is 0 Å². The van der Waals surface area contributed by atoms with Crippen LogP contribution in [0.4, 0.5) is 8.78 Å². The molecular formula is C13H15F2N3. The number of H-pyrrole nitrogens is 1. The van der Waals surface area contributed by atoms with Gasteiger partial charge in [-0.15, -0.1) is 0 Å². The Kier molecular flexibility index (Phi) is 2.99. The van der Waals surface area contributed by atoms with Gasteiger partial charge in [-0.05, 0) is 31.5 Å². The highest BCUT2D eigenvalue weighted by molar-refractivity contribution is 5.75. The molecule has 0 bridgehead atoms. The van der Waals surface area contributed by atoms with Crippen molar-refractivity contribution in [1.29, 1.82) is 0 Å². The highest BCUT2D eigenvalue weighted by Gasteiger charge is 2.19. The van der Waals surface area contributed by atoms with Gasteiger partial charge in [-0.2, -0.15) is 0 Å².